The summed E-state index contributed by atoms with van der Waals surface area (Å²) in [5, 5.41) is 13.8. The molecule has 4 aromatic heterocycles. The number of hydrogen-bond acceptors (Lipinski definition) is 9. The molecule has 0 aliphatic carbocycles. The van der Waals surface area contributed by atoms with E-state index in [0.717, 1.165) is 31.0 Å². The maximum Gasteiger partial charge on any atom is 0.212 e. The normalized spacial score (nSPS) is 19.2. The highest BCUT2D eigenvalue weighted by Gasteiger charge is 2.44. The van der Waals surface area contributed by atoms with E-state index in [-0.39, 0.29) is 10.6 Å². The zero-order valence-electron chi connectivity index (χ0n) is 21.1. The Hall–Kier alpha value is -4.01. The second kappa shape index (κ2) is 9.38. The van der Waals surface area contributed by atoms with Gasteiger partial charge in [-0.05, 0) is 30.2 Å². The van der Waals surface area contributed by atoms with E-state index >= 15 is 0 Å². The van der Waals surface area contributed by atoms with Crippen molar-refractivity contribution in [1.29, 1.82) is 5.26 Å². The highest BCUT2D eigenvalue weighted by atomic mass is 32.2. The van der Waals surface area contributed by atoms with Crippen molar-refractivity contribution in [3.63, 3.8) is 0 Å². The van der Waals surface area contributed by atoms with Crippen LogP contribution in [0.2, 0.25) is 0 Å². The Bertz CT molecular complexity index is 1630. The summed E-state index contributed by atoms with van der Waals surface area (Å²) < 4.78 is 31.9. The van der Waals surface area contributed by atoms with Gasteiger partial charge in [0.05, 0.1) is 35.0 Å². The number of nitrogens with zero attached hydrogens (tertiary/aromatic N) is 7. The number of hydrogen-bond donors (Lipinski definition) is 0. The minimum absolute atomic E-state index is 0.0230. The van der Waals surface area contributed by atoms with Crippen LogP contribution in [-0.2, 0) is 16.4 Å². The molecule has 0 amide bonds. The first-order valence-electron chi connectivity index (χ1n) is 12.5. The molecule has 0 radical (unpaired) electrons. The van der Waals surface area contributed by atoms with Crippen molar-refractivity contribution in [2.24, 2.45) is 0 Å². The summed E-state index contributed by atoms with van der Waals surface area (Å²) in [5.74, 6) is 1.48. The third-order valence-corrected chi connectivity index (χ3v) is 9.25. The lowest BCUT2D eigenvalue weighted by Crippen LogP contribution is -2.68. The molecular weight excluding hydrogens is 502 g/mol. The number of sulfone groups is 1. The predicted molar refractivity (Wildman–Crippen MR) is 142 cm³/mol. The lowest BCUT2D eigenvalue weighted by molar-refractivity contribution is -0.00876. The number of nitriles is 1. The second-order valence-electron chi connectivity index (χ2n) is 9.69. The smallest absolute Gasteiger partial charge is 0.212 e. The van der Waals surface area contributed by atoms with Gasteiger partial charge in [0.2, 0.25) is 5.88 Å². The van der Waals surface area contributed by atoms with Crippen molar-refractivity contribution in [3.8, 4) is 23.1 Å². The first-order chi connectivity index (χ1) is 18.4. The SMILES string of the molecule is CCS(=O)(=O)c1cc(-c2ccc(N3CC4CC(C3)N4Cc3ccc(OC)nc3)nc2)c2c(C#N)cnn2c1. The Kier molecular flexibility index (Phi) is 6.01. The molecule has 0 saturated carbocycles. The Morgan fingerprint density at radius 3 is 2.55 bits per heavy atom. The number of aromatic nitrogens is 4. The summed E-state index contributed by atoms with van der Waals surface area (Å²) in [6.45, 7) is 4.26. The molecule has 3 aliphatic heterocycles. The van der Waals surface area contributed by atoms with Crippen molar-refractivity contribution < 1.29 is 13.2 Å². The highest BCUT2D eigenvalue weighted by molar-refractivity contribution is 7.91. The number of ether oxygens (including phenoxy) is 1. The van der Waals surface area contributed by atoms with Gasteiger partial charge in [-0.2, -0.15) is 10.4 Å². The number of anilines is 1. The van der Waals surface area contributed by atoms with Crippen LogP contribution in [0.15, 0.2) is 60.0 Å². The Morgan fingerprint density at radius 2 is 1.92 bits per heavy atom. The van der Waals surface area contributed by atoms with Crippen LogP contribution in [0.25, 0.3) is 16.6 Å². The third-order valence-electron chi connectivity index (χ3n) is 7.55. The summed E-state index contributed by atoms with van der Waals surface area (Å²) in [5.41, 5.74) is 3.48. The minimum Gasteiger partial charge on any atom is -0.481 e. The van der Waals surface area contributed by atoms with Gasteiger partial charge in [-0.3, -0.25) is 4.90 Å². The van der Waals surface area contributed by atoms with E-state index in [0.29, 0.717) is 34.6 Å². The molecule has 2 unspecified atom stereocenters. The standard InChI is InChI=1S/C27H27N7O3S/c1-3-38(35,36)23-9-24(27-20(10-28)13-31-34(27)17-23)19-5-6-25(29-12-19)32-15-21-8-22(16-32)33(21)14-18-4-7-26(37-2)30-11-18/h4-7,9,11-13,17,21-22H,3,8,14-16H2,1-2H3. The van der Waals surface area contributed by atoms with Crippen LogP contribution >= 0.6 is 0 Å². The number of pyridine rings is 3. The molecule has 3 aliphatic rings. The molecule has 0 spiro atoms. The zero-order chi connectivity index (χ0) is 26.4. The molecule has 11 heteroatoms. The van der Waals surface area contributed by atoms with E-state index in [4.69, 9.17) is 9.72 Å². The lowest BCUT2D eigenvalue weighted by atomic mass is 9.87. The molecule has 2 atom stereocenters. The van der Waals surface area contributed by atoms with Crippen LogP contribution in [0, 0.1) is 11.3 Å². The molecule has 3 fully saturated rings. The van der Waals surface area contributed by atoms with Crippen LogP contribution in [0.1, 0.15) is 24.5 Å². The Morgan fingerprint density at radius 1 is 1.11 bits per heavy atom. The molecule has 10 nitrogen and oxygen atoms in total. The molecule has 0 aromatic carbocycles. The average molecular weight is 530 g/mol. The van der Waals surface area contributed by atoms with Crippen molar-refractivity contribution in [2.75, 3.05) is 30.9 Å². The van der Waals surface area contributed by atoms with Gasteiger partial charge in [-0.25, -0.2) is 22.9 Å². The first kappa shape index (κ1) is 24.3. The van der Waals surface area contributed by atoms with Gasteiger partial charge >= 0.3 is 0 Å². The van der Waals surface area contributed by atoms with E-state index in [9.17, 15) is 13.7 Å². The fourth-order valence-corrected chi connectivity index (χ4v) is 6.33. The number of piperazine rings is 1. The van der Waals surface area contributed by atoms with Gasteiger partial charge < -0.3 is 9.64 Å². The number of rotatable bonds is 7. The van der Waals surface area contributed by atoms with Crippen molar-refractivity contribution in [3.05, 3.63) is 66.2 Å². The van der Waals surface area contributed by atoms with Crippen LogP contribution < -0.4 is 9.64 Å². The van der Waals surface area contributed by atoms with Gasteiger partial charge in [-0.1, -0.05) is 13.0 Å². The van der Waals surface area contributed by atoms with Crippen LogP contribution in [0.3, 0.4) is 0 Å². The van der Waals surface area contributed by atoms with E-state index in [1.165, 1.54) is 28.9 Å². The monoisotopic (exact) mass is 529 g/mol. The number of methoxy groups -OCH3 is 1. The van der Waals surface area contributed by atoms with Crippen molar-refractivity contribution in [1.82, 2.24) is 24.5 Å². The molecule has 4 aromatic rings. The summed E-state index contributed by atoms with van der Waals surface area (Å²) in [7, 11) is -1.84. The highest BCUT2D eigenvalue weighted by Crippen LogP contribution is 2.36. The molecule has 0 N–H and O–H groups in total. The van der Waals surface area contributed by atoms with Gasteiger partial charge in [0, 0.05) is 67.5 Å². The lowest BCUT2D eigenvalue weighted by Gasteiger charge is -2.56. The molecular formula is C27H27N7O3S. The Labute approximate surface area is 221 Å². The molecule has 7 rings (SSSR count). The fraction of sp³-hybridized carbons (Fsp3) is 0.333. The summed E-state index contributed by atoms with van der Waals surface area (Å²) in [6, 6.07) is 12.6. The summed E-state index contributed by atoms with van der Waals surface area (Å²) >= 11 is 0. The Balaban J connectivity index is 1.23. The van der Waals surface area contributed by atoms with Crippen molar-refractivity contribution >= 4 is 21.2 Å². The van der Waals surface area contributed by atoms with Crippen molar-refractivity contribution in [2.45, 2.75) is 36.9 Å². The third kappa shape index (κ3) is 4.15. The first-order valence-corrected chi connectivity index (χ1v) is 14.2. The number of fused-ring (bicyclic) bond motifs is 3. The van der Waals surface area contributed by atoms with Gasteiger partial charge in [0.1, 0.15) is 11.9 Å². The molecule has 2 bridgehead atoms. The van der Waals surface area contributed by atoms with Crippen LogP contribution in [0.4, 0.5) is 5.82 Å². The average Bonchev–Trinajstić information content (AvgIpc) is 3.39. The zero-order valence-corrected chi connectivity index (χ0v) is 22.0. The van der Waals surface area contributed by atoms with Crippen LogP contribution in [-0.4, -0.2) is 70.9 Å². The van der Waals surface area contributed by atoms with E-state index in [1.807, 2.05) is 24.4 Å². The maximum absolute atomic E-state index is 12.6. The van der Waals surface area contributed by atoms with Gasteiger partial charge in [-0.15, -0.1) is 0 Å². The van der Waals surface area contributed by atoms with Crippen LogP contribution in [0.5, 0.6) is 5.88 Å². The van der Waals surface area contributed by atoms with Gasteiger partial charge in [0.15, 0.2) is 9.84 Å². The number of piperidine rings is 1. The van der Waals surface area contributed by atoms with Gasteiger partial charge in [0.25, 0.3) is 0 Å². The molecule has 38 heavy (non-hydrogen) atoms. The predicted octanol–water partition coefficient (Wildman–Crippen LogP) is 2.93. The quantitative estimate of drug-likeness (QED) is 0.356. The largest absolute Gasteiger partial charge is 0.481 e. The topological polar surface area (TPSA) is 117 Å². The van der Waals surface area contributed by atoms with E-state index < -0.39 is 9.84 Å². The second-order valence-corrected chi connectivity index (χ2v) is 12.0. The summed E-state index contributed by atoms with van der Waals surface area (Å²) in [6.07, 6.45) is 7.72. The van der Waals surface area contributed by atoms with E-state index in [1.54, 1.807) is 26.3 Å². The molecule has 7 heterocycles. The fourth-order valence-electron chi connectivity index (χ4n) is 5.44. The minimum atomic E-state index is -3.46. The molecule has 3 saturated heterocycles. The maximum atomic E-state index is 12.6. The molecule has 194 valence electrons. The summed E-state index contributed by atoms with van der Waals surface area (Å²) in [4.78, 5) is 14.1. The van der Waals surface area contributed by atoms with E-state index in [2.05, 4.69) is 32.0 Å².